The van der Waals surface area contributed by atoms with E-state index in [0.717, 1.165) is 6.92 Å². The lowest BCUT2D eigenvalue weighted by molar-refractivity contribution is -0.0488. The third-order valence-electron chi connectivity index (χ3n) is 7.16. The molecular formula is C29H28ClF5N6O3S. The Morgan fingerprint density at radius 3 is 2.44 bits per heavy atom. The van der Waals surface area contributed by atoms with Gasteiger partial charge in [-0.2, -0.15) is 4.39 Å². The van der Waals surface area contributed by atoms with E-state index in [1.54, 1.807) is 6.07 Å². The summed E-state index contributed by atoms with van der Waals surface area (Å²) in [5, 5.41) is 9.27. The molecule has 4 N–H and O–H groups in total. The van der Waals surface area contributed by atoms with Gasteiger partial charge in [-0.1, -0.05) is 30.3 Å². The van der Waals surface area contributed by atoms with Crippen molar-refractivity contribution in [2.24, 2.45) is 11.1 Å². The molecular weight excluding hydrogens is 643 g/mol. The quantitative estimate of drug-likeness (QED) is 0.155. The summed E-state index contributed by atoms with van der Waals surface area (Å²) in [6, 6.07) is 11.7. The minimum Gasteiger partial charge on any atom is -0.435 e. The molecule has 1 saturated heterocycles. The van der Waals surface area contributed by atoms with Gasteiger partial charge in [-0.05, 0) is 37.1 Å². The second-order valence-corrected chi connectivity index (χ2v) is 12.0. The normalized spacial score (nSPS) is 17.7. The predicted octanol–water partition coefficient (Wildman–Crippen LogP) is 5.59. The Balaban J connectivity index is 0.00000461. The maximum Gasteiger partial charge on any atom is 0.249 e. The topological polar surface area (TPSA) is 132 Å². The molecule has 1 aliphatic rings. The fourth-order valence-corrected chi connectivity index (χ4v) is 6.10. The van der Waals surface area contributed by atoms with Crippen molar-refractivity contribution in [3.05, 3.63) is 95.6 Å². The van der Waals surface area contributed by atoms with Gasteiger partial charge in [0.25, 0.3) is 0 Å². The van der Waals surface area contributed by atoms with E-state index in [2.05, 4.69) is 25.6 Å². The van der Waals surface area contributed by atoms with Crippen molar-refractivity contribution in [2.75, 3.05) is 18.4 Å². The summed E-state index contributed by atoms with van der Waals surface area (Å²) in [5.74, 6) is -9.70. The van der Waals surface area contributed by atoms with E-state index < -0.39 is 61.9 Å². The fourth-order valence-electron chi connectivity index (χ4n) is 5.02. The van der Waals surface area contributed by atoms with Crippen LogP contribution in [0.25, 0.3) is 11.3 Å². The van der Waals surface area contributed by atoms with Crippen molar-refractivity contribution in [1.29, 1.82) is 0 Å². The van der Waals surface area contributed by atoms with Crippen LogP contribution < -0.4 is 20.5 Å². The average molecular weight is 671 g/mol. The zero-order valence-electron chi connectivity index (χ0n) is 23.6. The monoisotopic (exact) mass is 670 g/mol. The van der Waals surface area contributed by atoms with Crippen LogP contribution in [-0.2, 0) is 10.0 Å². The van der Waals surface area contributed by atoms with Gasteiger partial charge in [0.05, 0.1) is 16.8 Å². The summed E-state index contributed by atoms with van der Waals surface area (Å²) < 4.78 is 104. The molecule has 240 valence electrons. The number of benzene rings is 2. The van der Waals surface area contributed by atoms with E-state index in [9.17, 15) is 17.2 Å². The summed E-state index contributed by atoms with van der Waals surface area (Å²) in [7, 11) is -4.63. The van der Waals surface area contributed by atoms with Gasteiger partial charge < -0.3 is 15.4 Å². The third-order valence-corrected chi connectivity index (χ3v) is 8.33. The summed E-state index contributed by atoms with van der Waals surface area (Å²) in [6.07, 6.45) is 2.87. The number of nitrogens with one attached hydrogen (secondary N) is 2. The minimum atomic E-state index is -4.63. The molecule has 2 aromatic carbocycles. The first-order valence-corrected chi connectivity index (χ1v) is 15.0. The Morgan fingerprint density at radius 2 is 1.76 bits per heavy atom. The van der Waals surface area contributed by atoms with Gasteiger partial charge in [-0.3, -0.25) is 0 Å². The highest BCUT2D eigenvalue weighted by atomic mass is 35.5. The van der Waals surface area contributed by atoms with Crippen LogP contribution >= 0.6 is 12.4 Å². The number of nitrogens with two attached hydrogens (primary N) is 1. The molecule has 0 radical (unpaired) electrons. The van der Waals surface area contributed by atoms with Crippen LogP contribution in [0.3, 0.4) is 0 Å². The van der Waals surface area contributed by atoms with E-state index >= 15 is 13.2 Å². The SMILES string of the molecule is CC(F)(F)C1CNCC(Nc2nccc(-c3cccnc3Oc3cc(F)c(C(c4ccccc4)S(N)(=O)=O)c(F)c3F)n2)C1.Cl. The number of primary sulfonamides is 1. The number of pyridine rings is 1. The van der Waals surface area contributed by atoms with Crippen LogP contribution in [0.1, 0.15) is 29.7 Å². The Kier molecular flexibility index (Phi) is 10.3. The number of hydrogen-bond donors (Lipinski definition) is 3. The molecule has 4 aromatic rings. The minimum absolute atomic E-state index is 0. The standard InChI is InChI=1S/C29H27F5N6O3S.ClH/c1-29(33,34)17-12-18(15-36-14-17)39-28-38-11-9-21(40-28)19-8-5-10-37-27(19)43-22-13-20(30)23(25(32)24(22)31)26(44(35,41)42)16-6-3-2-4-7-16;/h2-11,13,17-18,26,36H,12,14-15H2,1H3,(H2,35,41,42)(H,38,39,40);1H. The van der Waals surface area contributed by atoms with Crippen LogP contribution in [-0.4, -0.2) is 48.4 Å². The molecule has 0 bridgehead atoms. The van der Waals surface area contributed by atoms with Crippen LogP contribution in [0.15, 0.2) is 67.0 Å². The summed E-state index contributed by atoms with van der Waals surface area (Å²) in [5.41, 5.74) is -0.752. The summed E-state index contributed by atoms with van der Waals surface area (Å²) in [6.45, 7) is 1.45. The summed E-state index contributed by atoms with van der Waals surface area (Å²) >= 11 is 0. The molecule has 3 unspecified atom stereocenters. The highest BCUT2D eigenvalue weighted by Crippen LogP contribution is 2.39. The Labute approximate surface area is 261 Å². The van der Waals surface area contributed by atoms with E-state index in [4.69, 9.17) is 9.88 Å². The summed E-state index contributed by atoms with van der Waals surface area (Å²) in [4.78, 5) is 12.6. The lowest BCUT2D eigenvalue weighted by Gasteiger charge is -2.33. The van der Waals surface area contributed by atoms with Gasteiger partial charge in [0, 0.05) is 43.5 Å². The first-order valence-electron chi connectivity index (χ1n) is 13.4. The Bertz CT molecular complexity index is 1770. The molecule has 3 heterocycles. The fraction of sp³-hybridized carbons (Fsp3) is 0.276. The number of anilines is 1. The number of ether oxygens (including phenoxy) is 1. The molecule has 45 heavy (non-hydrogen) atoms. The van der Waals surface area contributed by atoms with Crippen molar-refractivity contribution in [3.63, 3.8) is 0 Å². The highest BCUT2D eigenvalue weighted by molar-refractivity contribution is 7.89. The molecule has 5 rings (SSSR count). The number of hydrogen-bond acceptors (Lipinski definition) is 8. The van der Waals surface area contributed by atoms with E-state index in [1.807, 2.05) is 0 Å². The zero-order chi connectivity index (χ0) is 31.6. The Hall–Kier alpha value is -3.92. The van der Waals surface area contributed by atoms with Gasteiger partial charge >= 0.3 is 0 Å². The van der Waals surface area contributed by atoms with Gasteiger partial charge in [-0.25, -0.2) is 46.1 Å². The number of aromatic nitrogens is 3. The number of alkyl halides is 2. The number of sulfonamides is 1. The maximum absolute atomic E-state index is 15.4. The van der Waals surface area contributed by atoms with Crippen molar-refractivity contribution < 1.29 is 35.1 Å². The molecule has 1 fully saturated rings. The lowest BCUT2D eigenvalue weighted by atomic mass is 9.91. The van der Waals surface area contributed by atoms with E-state index in [-0.39, 0.29) is 54.0 Å². The number of halogens is 6. The molecule has 1 aliphatic heterocycles. The van der Waals surface area contributed by atoms with Crippen LogP contribution in [0.5, 0.6) is 11.6 Å². The first kappa shape index (κ1) is 34.0. The predicted molar refractivity (Wildman–Crippen MR) is 159 cm³/mol. The van der Waals surface area contributed by atoms with E-state index in [1.165, 1.54) is 54.9 Å². The molecule has 9 nitrogen and oxygen atoms in total. The third kappa shape index (κ3) is 7.66. The molecule has 2 aromatic heterocycles. The van der Waals surface area contributed by atoms with Crippen molar-refractivity contribution in [3.8, 4) is 22.9 Å². The smallest absolute Gasteiger partial charge is 0.249 e. The molecule has 0 spiro atoms. The second-order valence-electron chi connectivity index (χ2n) is 10.4. The Morgan fingerprint density at radius 1 is 1.02 bits per heavy atom. The van der Waals surface area contributed by atoms with Crippen LogP contribution in [0.4, 0.5) is 27.9 Å². The average Bonchev–Trinajstić information content (AvgIpc) is 2.98. The maximum atomic E-state index is 15.4. The zero-order valence-corrected chi connectivity index (χ0v) is 25.2. The van der Waals surface area contributed by atoms with Crippen molar-refractivity contribution >= 4 is 28.4 Å². The number of nitrogens with zero attached hydrogens (tertiary/aromatic N) is 3. The van der Waals surface area contributed by atoms with Crippen LogP contribution in [0, 0.1) is 23.4 Å². The van der Waals surface area contributed by atoms with Crippen molar-refractivity contribution in [2.45, 2.75) is 30.6 Å². The lowest BCUT2D eigenvalue weighted by Crippen LogP contribution is -2.48. The molecule has 3 atom stereocenters. The molecule has 0 amide bonds. The van der Waals surface area contributed by atoms with E-state index in [0.29, 0.717) is 12.6 Å². The molecule has 0 saturated carbocycles. The van der Waals surface area contributed by atoms with Crippen LogP contribution in [0.2, 0.25) is 0 Å². The highest BCUT2D eigenvalue weighted by Gasteiger charge is 2.38. The second kappa shape index (κ2) is 13.6. The largest absolute Gasteiger partial charge is 0.435 e. The van der Waals surface area contributed by atoms with Gasteiger partial charge in [0.2, 0.25) is 33.6 Å². The molecule has 0 aliphatic carbocycles. The first-order chi connectivity index (χ1) is 20.8. The molecule has 16 heteroatoms. The van der Waals surface area contributed by atoms with Gasteiger partial charge in [0.15, 0.2) is 11.6 Å². The number of piperidine rings is 1. The van der Waals surface area contributed by atoms with Crippen molar-refractivity contribution in [1.82, 2.24) is 20.3 Å². The number of rotatable bonds is 9. The van der Waals surface area contributed by atoms with Gasteiger partial charge in [0.1, 0.15) is 11.1 Å². The van der Waals surface area contributed by atoms with Gasteiger partial charge in [-0.15, -0.1) is 12.4 Å².